The van der Waals surface area contributed by atoms with E-state index in [1.54, 1.807) is 7.05 Å². The SMILES string of the molecule is CCCCCCCCCCCC(=O)N(C)CCC(=O)O.[NaH]. The zero-order valence-electron chi connectivity index (χ0n) is 13.2. The van der Waals surface area contributed by atoms with Gasteiger partial charge in [-0.05, 0) is 6.42 Å². The van der Waals surface area contributed by atoms with E-state index in [1.807, 2.05) is 0 Å². The molecule has 0 radical (unpaired) electrons. The van der Waals surface area contributed by atoms with E-state index in [0.717, 1.165) is 12.8 Å². The summed E-state index contributed by atoms with van der Waals surface area (Å²) in [7, 11) is 1.68. The van der Waals surface area contributed by atoms with Crippen LogP contribution in [0.25, 0.3) is 0 Å². The van der Waals surface area contributed by atoms with Crippen LogP contribution in [0.2, 0.25) is 0 Å². The number of aliphatic carboxylic acids is 1. The average molecular weight is 309 g/mol. The van der Waals surface area contributed by atoms with Crippen LogP contribution in [0.4, 0.5) is 0 Å². The minimum atomic E-state index is -0.854. The number of hydrogen-bond donors (Lipinski definition) is 1. The summed E-state index contributed by atoms with van der Waals surface area (Å²) < 4.78 is 0. The van der Waals surface area contributed by atoms with Gasteiger partial charge in [-0.3, -0.25) is 9.59 Å². The average Bonchev–Trinajstić information content (AvgIpc) is 2.42. The molecule has 120 valence electrons. The van der Waals surface area contributed by atoms with Crippen LogP contribution in [0, 0.1) is 0 Å². The van der Waals surface area contributed by atoms with Gasteiger partial charge in [0, 0.05) is 20.0 Å². The van der Waals surface area contributed by atoms with Gasteiger partial charge in [-0.15, -0.1) is 0 Å². The molecule has 4 nitrogen and oxygen atoms in total. The van der Waals surface area contributed by atoms with Crippen LogP contribution in [0.5, 0.6) is 0 Å². The Bertz CT molecular complexity index is 272. The second kappa shape index (κ2) is 16.3. The van der Waals surface area contributed by atoms with E-state index < -0.39 is 5.97 Å². The number of carboxylic acids is 1. The molecule has 0 aliphatic carbocycles. The summed E-state index contributed by atoms with van der Waals surface area (Å²) in [5.41, 5.74) is 0. The monoisotopic (exact) mass is 309 g/mol. The van der Waals surface area contributed by atoms with Crippen molar-refractivity contribution in [1.29, 1.82) is 0 Å². The molecular weight excluding hydrogens is 277 g/mol. The van der Waals surface area contributed by atoms with E-state index in [4.69, 9.17) is 5.11 Å². The summed E-state index contributed by atoms with van der Waals surface area (Å²) in [5, 5.41) is 8.56. The molecule has 0 heterocycles. The molecule has 0 rings (SSSR count). The van der Waals surface area contributed by atoms with Gasteiger partial charge in [0.25, 0.3) is 0 Å². The van der Waals surface area contributed by atoms with Crippen LogP contribution >= 0.6 is 0 Å². The van der Waals surface area contributed by atoms with Crippen molar-refractivity contribution in [3.8, 4) is 0 Å². The van der Waals surface area contributed by atoms with Crippen molar-refractivity contribution in [1.82, 2.24) is 4.90 Å². The normalized spacial score (nSPS) is 10.0. The molecule has 0 bridgehead atoms. The van der Waals surface area contributed by atoms with Gasteiger partial charge >= 0.3 is 35.5 Å². The first-order valence-electron chi connectivity index (χ1n) is 8.03. The van der Waals surface area contributed by atoms with E-state index >= 15 is 0 Å². The van der Waals surface area contributed by atoms with Gasteiger partial charge in [0.1, 0.15) is 0 Å². The van der Waals surface area contributed by atoms with Crippen molar-refractivity contribution in [2.45, 2.75) is 77.6 Å². The van der Waals surface area contributed by atoms with Crippen LogP contribution in [-0.4, -0.2) is 65.0 Å². The Labute approximate surface area is 152 Å². The third-order valence-corrected chi connectivity index (χ3v) is 3.58. The summed E-state index contributed by atoms with van der Waals surface area (Å²) in [5.74, 6) is -0.790. The molecule has 5 heteroatoms. The molecule has 0 aliphatic rings. The number of nitrogens with zero attached hydrogens (tertiary/aromatic N) is 1. The Kier molecular flexibility index (Phi) is 18.0. The Morgan fingerprint density at radius 1 is 0.857 bits per heavy atom. The first kappa shape index (κ1) is 23.2. The Hall–Kier alpha value is -0.0600. The van der Waals surface area contributed by atoms with Crippen LogP contribution in [0.1, 0.15) is 77.6 Å². The van der Waals surface area contributed by atoms with Crippen LogP contribution in [0.3, 0.4) is 0 Å². The van der Waals surface area contributed by atoms with Crippen molar-refractivity contribution in [3.05, 3.63) is 0 Å². The van der Waals surface area contributed by atoms with Gasteiger partial charge in [0.2, 0.25) is 5.91 Å². The van der Waals surface area contributed by atoms with Crippen LogP contribution in [-0.2, 0) is 9.59 Å². The number of rotatable bonds is 13. The van der Waals surface area contributed by atoms with Crippen molar-refractivity contribution in [3.63, 3.8) is 0 Å². The molecule has 0 saturated heterocycles. The molecule has 0 aromatic carbocycles. The number of amides is 1. The standard InChI is InChI=1S/C16H31NO3.Na.H/c1-3-4-5-6-7-8-9-10-11-12-15(18)17(2)14-13-16(19)20;;/h3-14H2,1-2H3,(H,19,20);;. The number of hydrogen-bond acceptors (Lipinski definition) is 2. The molecular formula is C16H32NNaO3. The van der Waals surface area contributed by atoms with E-state index in [1.165, 1.54) is 49.8 Å². The van der Waals surface area contributed by atoms with E-state index in [-0.39, 0.29) is 41.9 Å². The minimum absolute atomic E-state index is 0. The summed E-state index contributed by atoms with van der Waals surface area (Å²) in [6, 6.07) is 0. The number of unbranched alkanes of at least 4 members (excludes halogenated alkanes) is 8. The van der Waals surface area contributed by atoms with Crippen molar-refractivity contribution < 1.29 is 14.7 Å². The summed E-state index contributed by atoms with van der Waals surface area (Å²) in [6.45, 7) is 2.54. The zero-order valence-corrected chi connectivity index (χ0v) is 13.2. The molecule has 0 fully saturated rings. The van der Waals surface area contributed by atoms with Crippen molar-refractivity contribution in [2.75, 3.05) is 13.6 Å². The summed E-state index contributed by atoms with van der Waals surface area (Å²) in [4.78, 5) is 23.6. The Morgan fingerprint density at radius 3 is 1.81 bits per heavy atom. The molecule has 0 spiro atoms. The molecule has 1 N–H and O–H groups in total. The van der Waals surface area contributed by atoms with Gasteiger partial charge in [-0.25, -0.2) is 0 Å². The van der Waals surface area contributed by atoms with Gasteiger partial charge in [-0.2, -0.15) is 0 Å². The Morgan fingerprint density at radius 2 is 1.33 bits per heavy atom. The molecule has 0 saturated carbocycles. The molecule has 0 aromatic heterocycles. The topological polar surface area (TPSA) is 57.6 Å². The summed E-state index contributed by atoms with van der Waals surface area (Å²) in [6.07, 6.45) is 11.7. The number of carboxylic acid groups (broad SMARTS) is 1. The van der Waals surface area contributed by atoms with Gasteiger partial charge in [-0.1, -0.05) is 58.3 Å². The maximum absolute atomic E-state index is 11.7. The first-order valence-corrected chi connectivity index (χ1v) is 8.03. The number of carbonyl (C=O) groups is 2. The van der Waals surface area contributed by atoms with Gasteiger partial charge in [0.15, 0.2) is 0 Å². The fraction of sp³-hybridized carbons (Fsp3) is 0.875. The maximum atomic E-state index is 11.7. The molecule has 0 atom stereocenters. The summed E-state index contributed by atoms with van der Waals surface area (Å²) >= 11 is 0. The second-order valence-corrected chi connectivity index (χ2v) is 5.54. The van der Waals surface area contributed by atoms with E-state index in [9.17, 15) is 9.59 Å². The first-order chi connectivity index (χ1) is 9.57. The number of carbonyl (C=O) groups excluding carboxylic acids is 1. The quantitative estimate of drug-likeness (QED) is 0.420. The second-order valence-electron chi connectivity index (χ2n) is 5.54. The predicted molar refractivity (Wildman–Crippen MR) is 88.9 cm³/mol. The fourth-order valence-corrected chi connectivity index (χ4v) is 2.17. The van der Waals surface area contributed by atoms with Gasteiger partial charge < -0.3 is 10.0 Å². The molecule has 0 unspecified atom stereocenters. The van der Waals surface area contributed by atoms with Crippen molar-refractivity contribution >= 4 is 41.4 Å². The Balaban J connectivity index is 0. The third kappa shape index (κ3) is 16.1. The van der Waals surface area contributed by atoms with E-state index in [0.29, 0.717) is 13.0 Å². The molecule has 1 amide bonds. The van der Waals surface area contributed by atoms with Crippen LogP contribution < -0.4 is 0 Å². The fourth-order valence-electron chi connectivity index (χ4n) is 2.17. The van der Waals surface area contributed by atoms with E-state index in [2.05, 4.69) is 6.92 Å². The van der Waals surface area contributed by atoms with Gasteiger partial charge in [0.05, 0.1) is 6.42 Å². The van der Waals surface area contributed by atoms with Crippen molar-refractivity contribution in [2.24, 2.45) is 0 Å². The molecule has 0 aromatic rings. The zero-order chi connectivity index (χ0) is 15.2. The van der Waals surface area contributed by atoms with Crippen LogP contribution in [0.15, 0.2) is 0 Å². The molecule has 0 aliphatic heterocycles. The predicted octanol–water partition coefficient (Wildman–Crippen LogP) is 3.19. The molecule has 21 heavy (non-hydrogen) atoms. The third-order valence-electron chi connectivity index (χ3n) is 3.58.